The zero-order valence-electron chi connectivity index (χ0n) is 13.5. The van der Waals surface area contributed by atoms with Crippen molar-refractivity contribution in [3.63, 3.8) is 0 Å². The molecule has 3 rings (SSSR count). The minimum absolute atomic E-state index is 0.0752. The van der Waals surface area contributed by atoms with Gasteiger partial charge in [-0.2, -0.15) is 0 Å². The largest absolute Gasteiger partial charge is 0.348 e. The zero-order valence-corrected chi connectivity index (χ0v) is 14.3. The van der Waals surface area contributed by atoms with E-state index in [-0.39, 0.29) is 11.7 Å². The number of carbonyl (C=O) groups is 1. The van der Waals surface area contributed by atoms with Crippen molar-refractivity contribution in [2.45, 2.75) is 19.9 Å². The molecule has 0 fully saturated rings. The number of hydrogen-bond donors (Lipinski definition) is 1. The van der Waals surface area contributed by atoms with Crippen LogP contribution in [0.5, 0.6) is 0 Å². The molecule has 126 valence electrons. The molecule has 0 saturated carbocycles. The highest BCUT2D eigenvalue weighted by molar-refractivity contribution is 7.92. The molecule has 0 saturated heterocycles. The Hall–Kier alpha value is -2.34. The number of sulfonamides is 1. The van der Waals surface area contributed by atoms with Crippen LogP contribution in [0.4, 0.5) is 5.69 Å². The average molecular weight is 344 g/mol. The number of fused-ring (bicyclic) bond motifs is 1. The van der Waals surface area contributed by atoms with Gasteiger partial charge in [-0.15, -0.1) is 0 Å². The lowest BCUT2D eigenvalue weighted by molar-refractivity contribution is 0.0951. The Bertz CT molecular complexity index is 848. The van der Waals surface area contributed by atoms with Crippen molar-refractivity contribution in [2.24, 2.45) is 0 Å². The molecule has 1 aliphatic heterocycles. The molecule has 2 aromatic rings. The fraction of sp³-hybridized carbons (Fsp3) is 0.278. The Kier molecular flexibility index (Phi) is 4.57. The molecule has 2 aromatic carbocycles. The van der Waals surface area contributed by atoms with Gasteiger partial charge in [-0.3, -0.25) is 9.10 Å². The number of anilines is 1. The third-order valence-electron chi connectivity index (χ3n) is 4.19. The van der Waals surface area contributed by atoms with Crippen molar-refractivity contribution in [1.82, 2.24) is 5.32 Å². The standard InChI is InChI=1S/C18H20N2O3S/c1-2-24(22,23)20-11-10-15-12-16(8-9-17(15)20)18(21)19-13-14-6-4-3-5-7-14/h3-9,12H,2,10-11,13H2,1H3,(H,19,21). The van der Waals surface area contributed by atoms with Crippen LogP contribution in [0.25, 0.3) is 0 Å². The first-order valence-corrected chi connectivity index (χ1v) is 9.57. The molecule has 0 spiro atoms. The van der Waals surface area contributed by atoms with E-state index in [1.807, 2.05) is 30.3 Å². The molecule has 0 aromatic heterocycles. The summed E-state index contributed by atoms with van der Waals surface area (Å²) in [5.74, 6) is -0.0791. The smallest absolute Gasteiger partial charge is 0.251 e. The molecule has 0 bridgehead atoms. The van der Waals surface area contributed by atoms with E-state index >= 15 is 0 Å². The van der Waals surface area contributed by atoms with Crippen molar-refractivity contribution in [2.75, 3.05) is 16.6 Å². The van der Waals surface area contributed by atoms with Gasteiger partial charge < -0.3 is 5.32 Å². The average Bonchev–Trinajstić information content (AvgIpc) is 3.04. The molecule has 0 atom stereocenters. The molecule has 0 aliphatic carbocycles. The van der Waals surface area contributed by atoms with Crippen LogP contribution in [-0.2, 0) is 23.0 Å². The van der Waals surface area contributed by atoms with Crippen LogP contribution in [0.1, 0.15) is 28.4 Å². The lowest BCUT2D eigenvalue weighted by Crippen LogP contribution is -2.30. The predicted molar refractivity (Wildman–Crippen MR) is 94.6 cm³/mol. The van der Waals surface area contributed by atoms with Crippen molar-refractivity contribution < 1.29 is 13.2 Å². The van der Waals surface area contributed by atoms with Crippen molar-refractivity contribution in [3.8, 4) is 0 Å². The molecule has 0 unspecified atom stereocenters. The van der Waals surface area contributed by atoms with E-state index in [0.29, 0.717) is 30.8 Å². The number of nitrogens with one attached hydrogen (secondary N) is 1. The lowest BCUT2D eigenvalue weighted by atomic mass is 10.1. The van der Waals surface area contributed by atoms with Crippen LogP contribution in [0.15, 0.2) is 48.5 Å². The molecule has 5 nitrogen and oxygen atoms in total. The van der Waals surface area contributed by atoms with Crippen LogP contribution in [0.2, 0.25) is 0 Å². The summed E-state index contributed by atoms with van der Waals surface area (Å²) in [7, 11) is -3.26. The second-order valence-corrected chi connectivity index (χ2v) is 7.92. The van der Waals surface area contributed by atoms with Gasteiger partial charge in [-0.25, -0.2) is 8.42 Å². The number of amides is 1. The van der Waals surface area contributed by atoms with Gasteiger partial charge in [0, 0.05) is 18.7 Å². The van der Waals surface area contributed by atoms with Gasteiger partial charge >= 0.3 is 0 Å². The van der Waals surface area contributed by atoms with E-state index in [2.05, 4.69) is 5.32 Å². The molecule has 0 radical (unpaired) electrons. The number of hydrogen-bond acceptors (Lipinski definition) is 3. The van der Waals surface area contributed by atoms with E-state index < -0.39 is 10.0 Å². The maximum absolute atomic E-state index is 12.3. The molecule has 1 amide bonds. The predicted octanol–water partition coefficient (Wildman–Crippen LogP) is 2.33. The Labute approximate surface area is 142 Å². The van der Waals surface area contributed by atoms with Gasteiger partial charge in [0.25, 0.3) is 5.91 Å². The SMILES string of the molecule is CCS(=O)(=O)N1CCc2cc(C(=O)NCc3ccccc3)ccc21. The van der Waals surface area contributed by atoms with E-state index in [9.17, 15) is 13.2 Å². The maximum Gasteiger partial charge on any atom is 0.251 e. The third-order valence-corrected chi connectivity index (χ3v) is 5.97. The van der Waals surface area contributed by atoms with Gasteiger partial charge in [0.15, 0.2) is 0 Å². The first-order chi connectivity index (χ1) is 11.5. The van der Waals surface area contributed by atoms with Crippen LogP contribution >= 0.6 is 0 Å². The lowest BCUT2D eigenvalue weighted by Gasteiger charge is -2.18. The van der Waals surface area contributed by atoms with Crippen LogP contribution < -0.4 is 9.62 Å². The van der Waals surface area contributed by atoms with Crippen molar-refractivity contribution in [1.29, 1.82) is 0 Å². The summed E-state index contributed by atoms with van der Waals surface area (Å²) in [6.45, 7) is 2.55. The molecule has 1 heterocycles. The quantitative estimate of drug-likeness (QED) is 0.905. The Morgan fingerprint density at radius 3 is 2.62 bits per heavy atom. The summed E-state index contributed by atoms with van der Waals surface area (Å²) in [5, 5.41) is 2.89. The summed E-state index contributed by atoms with van der Waals surface area (Å²) >= 11 is 0. The van der Waals surface area contributed by atoms with E-state index in [0.717, 1.165) is 11.1 Å². The van der Waals surface area contributed by atoms with E-state index in [1.165, 1.54) is 4.31 Å². The van der Waals surface area contributed by atoms with E-state index in [1.54, 1.807) is 25.1 Å². The molecule has 1 N–H and O–H groups in total. The number of rotatable bonds is 5. The summed E-state index contributed by atoms with van der Waals surface area (Å²) in [6.07, 6.45) is 0.633. The van der Waals surface area contributed by atoms with Crippen LogP contribution in [0.3, 0.4) is 0 Å². The Morgan fingerprint density at radius 2 is 1.92 bits per heavy atom. The molecular weight excluding hydrogens is 324 g/mol. The first kappa shape index (κ1) is 16.5. The monoisotopic (exact) mass is 344 g/mol. The van der Waals surface area contributed by atoms with Crippen LogP contribution in [0, 0.1) is 0 Å². The summed E-state index contributed by atoms with van der Waals surface area (Å²) in [6, 6.07) is 14.9. The van der Waals surface area contributed by atoms with Gasteiger partial charge in [0.05, 0.1) is 11.4 Å². The third kappa shape index (κ3) is 3.28. The molecule has 24 heavy (non-hydrogen) atoms. The Balaban J connectivity index is 1.74. The topological polar surface area (TPSA) is 66.5 Å². The minimum Gasteiger partial charge on any atom is -0.348 e. The highest BCUT2D eigenvalue weighted by atomic mass is 32.2. The number of carbonyl (C=O) groups excluding carboxylic acids is 1. The number of benzene rings is 2. The number of nitrogens with zero attached hydrogens (tertiary/aromatic N) is 1. The van der Waals surface area contributed by atoms with Gasteiger partial charge in [0.2, 0.25) is 10.0 Å². The van der Waals surface area contributed by atoms with Crippen molar-refractivity contribution >= 4 is 21.6 Å². The second-order valence-electron chi connectivity index (χ2n) is 5.73. The summed E-state index contributed by atoms with van der Waals surface area (Å²) in [4.78, 5) is 12.3. The van der Waals surface area contributed by atoms with Gasteiger partial charge in [0.1, 0.15) is 0 Å². The maximum atomic E-state index is 12.3. The highest BCUT2D eigenvalue weighted by Crippen LogP contribution is 2.31. The summed E-state index contributed by atoms with van der Waals surface area (Å²) < 4.78 is 25.6. The van der Waals surface area contributed by atoms with Gasteiger partial charge in [-0.05, 0) is 42.7 Å². The minimum atomic E-state index is -3.26. The second kappa shape index (κ2) is 6.65. The highest BCUT2D eigenvalue weighted by Gasteiger charge is 2.28. The molecule has 6 heteroatoms. The fourth-order valence-electron chi connectivity index (χ4n) is 2.84. The van der Waals surface area contributed by atoms with Crippen molar-refractivity contribution in [3.05, 3.63) is 65.2 Å². The van der Waals surface area contributed by atoms with E-state index in [4.69, 9.17) is 0 Å². The normalized spacial score (nSPS) is 13.6. The fourth-order valence-corrected chi connectivity index (χ4v) is 4.00. The van der Waals surface area contributed by atoms with Gasteiger partial charge in [-0.1, -0.05) is 30.3 Å². The van der Waals surface area contributed by atoms with Crippen LogP contribution in [-0.4, -0.2) is 26.6 Å². The summed E-state index contributed by atoms with van der Waals surface area (Å²) in [5.41, 5.74) is 3.18. The molecule has 1 aliphatic rings. The Morgan fingerprint density at radius 1 is 1.17 bits per heavy atom. The molecular formula is C18H20N2O3S. The zero-order chi connectivity index (χ0) is 17.2. The first-order valence-electron chi connectivity index (χ1n) is 7.97.